The molecule has 0 saturated carbocycles. The molecule has 0 radical (unpaired) electrons. The van der Waals surface area contributed by atoms with E-state index >= 15 is 0 Å². The van der Waals surface area contributed by atoms with Crippen molar-refractivity contribution in [3.8, 4) is 0 Å². The Morgan fingerprint density at radius 3 is 2.56 bits per heavy atom. The van der Waals surface area contributed by atoms with Gasteiger partial charge < -0.3 is 9.47 Å². The van der Waals surface area contributed by atoms with Gasteiger partial charge >= 0.3 is 11.4 Å². The molecule has 0 aromatic heterocycles. The van der Waals surface area contributed by atoms with Crippen LogP contribution in [0.1, 0.15) is 20.8 Å². The fourth-order valence-corrected chi connectivity index (χ4v) is 2.73. The van der Waals surface area contributed by atoms with Gasteiger partial charge in [0.1, 0.15) is 12.2 Å². The minimum absolute atomic E-state index is 0.279. The van der Waals surface area contributed by atoms with Crippen LogP contribution in [0.4, 0.5) is 0 Å². The van der Waals surface area contributed by atoms with E-state index in [-0.39, 0.29) is 6.61 Å². The average molecular weight is 250 g/mol. The molecule has 0 N–H and O–H groups in total. The molecule has 1 unspecified atom stereocenters. The molecule has 0 aliphatic carbocycles. The Bertz CT molecular complexity index is 330. The highest BCUT2D eigenvalue weighted by Crippen LogP contribution is 2.35. The summed E-state index contributed by atoms with van der Waals surface area (Å²) in [5.74, 6) is -0.720. The van der Waals surface area contributed by atoms with Gasteiger partial charge in [-0.1, -0.05) is 0 Å². The Kier molecular flexibility index (Phi) is 2.92. The van der Waals surface area contributed by atoms with E-state index in [1.807, 2.05) is 0 Å². The van der Waals surface area contributed by atoms with Crippen LogP contribution in [0.5, 0.6) is 0 Å². The predicted molar refractivity (Wildman–Crippen MR) is 53.5 cm³/mol. The van der Waals surface area contributed by atoms with Crippen molar-refractivity contribution >= 4 is 17.6 Å². The second-order valence-corrected chi connectivity index (χ2v) is 5.24. The van der Waals surface area contributed by atoms with Crippen molar-refractivity contribution in [2.24, 2.45) is 0 Å². The molecule has 0 amide bonds. The lowest BCUT2D eigenvalue weighted by molar-refractivity contribution is -0.157. The second-order valence-electron chi connectivity index (χ2n) is 4.47. The number of aldehydes is 1. The molecule has 2 rings (SSSR count). The minimum atomic E-state index is -1.91. The summed E-state index contributed by atoms with van der Waals surface area (Å²) in [5, 5.41) is 0. The summed E-state index contributed by atoms with van der Waals surface area (Å²) in [4.78, 5) is 11.0. The van der Waals surface area contributed by atoms with Crippen LogP contribution in [0.2, 0.25) is 0 Å². The molecule has 2 saturated heterocycles. The van der Waals surface area contributed by atoms with Crippen molar-refractivity contribution in [1.29, 1.82) is 0 Å². The molecule has 2 aliphatic rings. The average Bonchev–Trinajstić information content (AvgIpc) is 2.67. The molecule has 2 aliphatic heterocycles. The van der Waals surface area contributed by atoms with Crippen molar-refractivity contribution < 1.29 is 26.8 Å². The first kappa shape index (κ1) is 12.1. The highest BCUT2D eigenvalue weighted by molar-refractivity contribution is 7.75. The fourth-order valence-electron chi connectivity index (χ4n) is 1.78. The molecular formula is C9H14O6S. The molecule has 16 heavy (non-hydrogen) atoms. The Labute approximate surface area is 96.1 Å². The number of hydrogen-bond acceptors (Lipinski definition) is 6. The van der Waals surface area contributed by atoms with E-state index in [1.165, 1.54) is 6.92 Å². The van der Waals surface area contributed by atoms with Gasteiger partial charge in [-0.25, -0.2) is 0 Å². The first-order valence-electron chi connectivity index (χ1n) is 4.93. The van der Waals surface area contributed by atoms with Crippen LogP contribution >= 0.6 is 0 Å². The van der Waals surface area contributed by atoms with Crippen LogP contribution in [-0.2, 0) is 34.0 Å². The number of carbonyl (C=O) groups excluding carboxylic acids is 1. The molecule has 7 heteroatoms. The zero-order chi connectivity index (χ0) is 12.0. The van der Waals surface area contributed by atoms with E-state index in [0.29, 0.717) is 6.29 Å². The van der Waals surface area contributed by atoms with Gasteiger partial charge in [-0.3, -0.25) is 13.2 Å². The van der Waals surface area contributed by atoms with E-state index in [9.17, 15) is 9.00 Å². The first-order chi connectivity index (χ1) is 7.36. The molecule has 4 atom stereocenters. The lowest BCUT2D eigenvalue weighted by Crippen LogP contribution is -2.47. The van der Waals surface area contributed by atoms with Gasteiger partial charge in [-0.15, -0.1) is 0 Å². The largest absolute Gasteiger partial charge is 0.348 e. The maximum absolute atomic E-state index is 11.2. The second kappa shape index (κ2) is 3.85. The van der Waals surface area contributed by atoms with Crippen molar-refractivity contribution in [2.75, 3.05) is 6.61 Å². The molecule has 92 valence electrons. The molecular weight excluding hydrogens is 236 g/mol. The first-order valence-corrected chi connectivity index (χ1v) is 5.93. The zero-order valence-electron chi connectivity index (χ0n) is 9.30. The standard InChI is InChI=1S/C9H14O6S/c1-8(2)12-4-6(13-8)7-9(3,5-10)15-16(11)14-7/h5-7H,4H2,1-3H3/t6-,7-,9-,16?/m1/s1. The lowest BCUT2D eigenvalue weighted by atomic mass is 9.97. The quantitative estimate of drug-likeness (QED) is 0.647. The number of carbonyl (C=O) groups is 1. The fraction of sp³-hybridized carbons (Fsp3) is 0.889. The number of rotatable bonds is 2. The van der Waals surface area contributed by atoms with Crippen LogP contribution in [0.25, 0.3) is 0 Å². The monoisotopic (exact) mass is 250 g/mol. The summed E-state index contributed by atoms with van der Waals surface area (Å²) in [6, 6.07) is 0. The normalized spacial score (nSPS) is 47.1. The van der Waals surface area contributed by atoms with E-state index in [1.54, 1.807) is 13.8 Å². The van der Waals surface area contributed by atoms with E-state index in [4.69, 9.17) is 17.8 Å². The topological polar surface area (TPSA) is 71.1 Å². The molecule has 2 heterocycles. The van der Waals surface area contributed by atoms with Crippen molar-refractivity contribution in [3.05, 3.63) is 0 Å². The van der Waals surface area contributed by atoms with Gasteiger partial charge in [0.25, 0.3) is 0 Å². The summed E-state index contributed by atoms with van der Waals surface area (Å²) in [6.45, 7) is 5.32. The number of ether oxygens (including phenoxy) is 2. The summed E-state index contributed by atoms with van der Waals surface area (Å²) in [6.07, 6.45) is -0.596. The van der Waals surface area contributed by atoms with Gasteiger partial charge in [0, 0.05) is 0 Å². The van der Waals surface area contributed by atoms with Gasteiger partial charge in [0.05, 0.1) is 6.61 Å². The highest BCUT2D eigenvalue weighted by atomic mass is 32.2. The third-order valence-electron chi connectivity index (χ3n) is 2.60. The van der Waals surface area contributed by atoms with E-state index < -0.39 is 35.0 Å². The third kappa shape index (κ3) is 2.05. The smallest absolute Gasteiger partial charge is 0.306 e. The third-order valence-corrected chi connectivity index (χ3v) is 3.46. The molecule has 0 spiro atoms. The van der Waals surface area contributed by atoms with Crippen molar-refractivity contribution in [1.82, 2.24) is 0 Å². The van der Waals surface area contributed by atoms with Crippen molar-refractivity contribution in [2.45, 2.75) is 44.4 Å². The maximum Gasteiger partial charge on any atom is 0.306 e. The van der Waals surface area contributed by atoms with Gasteiger partial charge in [0.15, 0.2) is 17.7 Å². The van der Waals surface area contributed by atoms with Gasteiger partial charge in [-0.2, -0.15) is 4.21 Å². The van der Waals surface area contributed by atoms with Crippen LogP contribution in [-0.4, -0.2) is 40.7 Å². The zero-order valence-corrected chi connectivity index (χ0v) is 10.1. The van der Waals surface area contributed by atoms with Crippen LogP contribution in [0.15, 0.2) is 0 Å². The number of hydrogen-bond donors (Lipinski definition) is 0. The molecule has 0 aromatic rings. The summed E-state index contributed by atoms with van der Waals surface area (Å²) in [7, 11) is 0. The summed E-state index contributed by atoms with van der Waals surface area (Å²) >= 11 is -1.91. The van der Waals surface area contributed by atoms with Gasteiger partial charge in [0.2, 0.25) is 0 Å². The molecule has 6 nitrogen and oxygen atoms in total. The Morgan fingerprint density at radius 2 is 2.06 bits per heavy atom. The SMILES string of the molecule is CC1(C)OC[C@H]([C@H]2OS(=O)O[C@]2(C)C=O)O1. The van der Waals surface area contributed by atoms with Crippen LogP contribution < -0.4 is 0 Å². The molecule has 0 aromatic carbocycles. The lowest BCUT2D eigenvalue weighted by Gasteiger charge is -2.25. The minimum Gasteiger partial charge on any atom is -0.348 e. The Balaban J connectivity index is 2.15. The molecule has 0 bridgehead atoms. The van der Waals surface area contributed by atoms with Crippen molar-refractivity contribution in [3.63, 3.8) is 0 Å². The predicted octanol–water partition coefficient (Wildman–Crippen LogP) is 0.0896. The molecule has 2 fully saturated rings. The highest BCUT2D eigenvalue weighted by Gasteiger charge is 2.54. The van der Waals surface area contributed by atoms with Crippen LogP contribution in [0, 0.1) is 0 Å². The maximum atomic E-state index is 11.2. The van der Waals surface area contributed by atoms with E-state index in [0.717, 1.165) is 0 Å². The van der Waals surface area contributed by atoms with Crippen LogP contribution in [0.3, 0.4) is 0 Å². The van der Waals surface area contributed by atoms with E-state index in [2.05, 4.69) is 0 Å². The van der Waals surface area contributed by atoms with Gasteiger partial charge in [-0.05, 0) is 20.8 Å². The summed E-state index contributed by atoms with van der Waals surface area (Å²) < 4.78 is 32.1. The Morgan fingerprint density at radius 1 is 1.38 bits per heavy atom. The Hall–Kier alpha value is -0.340. The summed E-state index contributed by atoms with van der Waals surface area (Å²) in [5.41, 5.74) is -1.25.